The van der Waals surface area contributed by atoms with E-state index < -0.39 is 11.9 Å². The second kappa shape index (κ2) is 12.7. The minimum absolute atomic E-state index is 0. The summed E-state index contributed by atoms with van der Waals surface area (Å²) in [5.74, 6) is -1.76. The number of carboxylic acids is 1. The molecule has 0 aliphatic heterocycles. The van der Waals surface area contributed by atoms with Crippen LogP contribution in [0.2, 0.25) is 0 Å². The number of aliphatic carboxylic acids is 1. The van der Waals surface area contributed by atoms with Gasteiger partial charge < -0.3 is 26.2 Å². The molecule has 0 radical (unpaired) electrons. The summed E-state index contributed by atoms with van der Waals surface area (Å²) >= 11 is 0.630. The molecule has 3 N–H and O–H groups in total. The first-order chi connectivity index (χ1) is 9.02. The SMILES string of the molecule is Nc1cc(NC(=O)CCC(=O)[O-])ccc1SOO[O-].[Na+].[Na+]. The summed E-state index contributed by atoms with van der Waals surface area (Å²) in [4.78, 5) is 22.0. The number of nitrogens with one attached hydrogen (secondary N) is 1. The molecular weight excluding hydrogens is 322 g/mol. The first-order valence-corrected chi connectivity index (χ1v) is 5.79. The maximum Gasteiger partial charge on any atom is 1.00 e. The van der Waals surface area contributed by atoms with Crippen LogP contribution in [-0.4, -0.2) is 11.9 Å². The number of nitrogens with two attached hydrogens (primary N) is 1. The molecule has 1 rings (SSSR count). The van der Waals surface area contributed by atoms with E-state index in [-0.39, 0.29) is 77.6 Å². The van der Waals surface area contributed by atoms with E-state index in [9.17, 15) is 20.0 Å². The van der Waals surface area contributed by atoms with Gasteiger partial charge in [0.05, 0.1) is 16.9 Å². The van der Waals surface area contributed by atoms with Crippen LogP contribution in [-0.2, 0) is 19.0 Å². The molecule has 0 spiro atoms. The Morgan fingerprint density at radius 3 is 2.48 bits per heavy atom. The normalized spacial score (nSPS) is 9.19. The van der Waals surface area contributed by atoms with E-state index in [1.165, 1.54) is 18.2 Å². The van der Waals surface area contributed by atoms with Crippen molar-refractivity contribution in [3.05, 3.63) is 18.2 Å². The fourth-order valence-corrected chi connectivity index (χ4v) is 1.57. The molecule has 0 saturated heterocycles. The van der Waals surface area contributed by atoms with Crippen LogP contribution in [0.5, 0.6) is 0 Å². The van der Waals surface area contributed by atoms with Crippen molar-refractivity contribution in [3.63, 3.8) is 0 Å². The fraction of sp³-hybridized carbons (Fsp3) is 0.200. The third-order valence-electron chi connectivity index (χ3n) is 2.00. The van der Waals surface area contributed by atoms with Gasteiger partial charge in [-0.3, -0.25) is 9.83 Å². The Labute approximate surface area is 169 Å². The molecule has 8 nitrogen and oxygen atoms in total. The van der Waals surface area contributed by atoms with Crippen LogP contribution < -0.4 is 80.5 Å². The van der Waals surface area contributed by atoms with Gasteiger partial charge in [-0.05, 0) is 24.6 Å². The third kappa shape index (κ3) is 9.74. The minimum atomic E-state index is -1.30. The van der Waals surface area contributed by atoms with Gasteiger partial charge in [0.15, 0.2) is 0 Å². The monoisotopic (exact) mass is 332 g/mol. The van der Waals surface area contributed by atoms with Crippen molar-refractivity contribution < 1.29 is 88.4 Å². The molecule has 0 fully saturated rings. The number of amides is 1. The molecule has 1 amide bonds. The van der Waals surface area contributed by atoms with Gasteiger partial charge in [0, 0.05) is 23.8 Å². The first kappa shape index (κ1) is 23.5. The molecule has 104 valence electrons. The zero-order valence-corrected chi connectivity index (χ0v) is 16.4. The van der Waals surface area contributed by atoms with E-state index in [1.807, 2.05) is 0 Å². The van der Waals surface area contributed by atoms with E-state index in [1.54, 1.807) is 0 Å². The average molecular weight is 332 g/mol. The summed E-state index contributed by atoms with van der Waals surface area (Å²) in [6.07, 6.45) is -0.546. The molecule has 1 aromatic carbocycles. The molecule has 0 bridgehead atoms. The summed E-state index contributed by atoms with van der Waals surface area (Å²) in [5.41, 5.74) is 6.31. The van der Waals surface area contributed by atoms with E-state index in [0.29, 0.717) is 22.6 Å². The van der Waals surface area contributed by atoms with Gasteiger partial charge in [0.2, 0.25) is 5.91 Å². The molecule has 0 aromatic heterocycles. The molecule has 0 heterocycles. The Morgan fingerprint density at radius 1 is 1.29 bits per heavy atom. The second-order valence-electron chi connectivity index (χ2n) is 3.39. The van der Waals surface area contributed by atoms with Crippen LogP contribution in [0.3, 0.4) is 0 Å². The number of rotatable bonds is 7. The topological polar surface area (TPSA) is 137 Å². The van der Waals surface area contributed by atoms with Crippen LogP contribution in [0.1, 0.15) is 12.8 Å². The Morgan fingerprint density at radius 2 is 1.95 bits per heavy atom. The summed E-state index contributed by atoms with van der Waals surface area (Å²) < 4.78 is 4.11. The van der Waals surface area contributed by atoms with Crippen molar-refractivity contribution in [1.82, 2.24) is 0 Å². The Bertz CT molecular complexity index is 477. The minimum Gasteiger partial charge on any atom is -0.691 e. The summed E-state index contributed by atoms with van der Waals surface area (Å²) in [7, 11) is 0. The van der Waals surface area contributed by atoms with E-state index in [4.69, 9.17) is 5.73 Å². The van der Waals surface area contributed by atoms with Crippen LogP contribution in [0.4, 0.5) is 11.4 Å². The average Bonchev–Trinajstić information content (AvgIpc) is 2.35. The number of anilines is 2. The third-order valence-corrected chi connectivity index (χ3v) is 2.68. The Balaban J connectivity index is 0. The van der Waals surface area contributed by atoms with Crippen LogP contribution >= 0.6 is 12.0 Å². The predicted octanol–water partition coefficient (Wildman–Crippen LogP) is -7.02. The van der Waals surface area contributed by atoms with Crippen molar-refractivity contribution in [3.8, 4) is 0 Å². The van der Waals surface area contributed by atoms with Gasteiger partial charge in [0.25, 0.3) is 0 Å². The van der Waals surface area contributed by atoms with Gasteiger partial charge in [-0.15, -0.1) is 0 Å². The number of hydrogen-bond donors (Lipinski definition) is 2. The number of hydrogen-bond acceptors (Lipinski definition) is 8. The van der Waals surface area contributed by atoms with Crippen molar-refractivity contribution >= 4 is 35.3 Å². The van der Waals surface area contributed by atoms with Crippen molar-refractivity contribution in [2.45, 2.75) is 17.7 Å². The molecule has 0 unspecified atom stereocenters. The van der Waals surface area contributed by atoms with Crippen molar-refractivity contribution in [2.75, 3.05) is 11.1 Å². The Kier molecular flexibility index (Phi) is 14.2. The molecule has 0 atom stereocenters. The van der Waals surface area contributed by atoms with Crippen LogP contribution in [0.25, 0.3) is 0 Å². The largest absolute Gasteiger partial charge is 1.00 e. The maximum atomic E-state index is 11.4. The Hall–Kier alpha value is 0.190. The van der Waals surface area contributed by atoms with Gasteiger partial charge in [-0.2, -0.15) is 4.33 Å². The molecule has 11 heteroatoms. The van der Waals surface area contributed by atoms with Gasteiger partial charge in [-0.1, -0.05) is 0 Å². The number of nitrogen functional groups attached to an aromatic ring is 1. The molecule has 0 aliphatic rings. The zero-order valence-electron chi connectivity index (χ0n) is 11.6. The van der Waals surface area contributed by atoms with Gasteiger partial charge >= 0.3 is 59.1 Å². The van der Waals surface area contributed by atoms with Gasteiger partial charge in [0.1, 0.15) is 0 Å². The van der Waals surface area contributed by atoms with E-state index >= 15 is 0 Å². The van der Waals surface area contributed by atoms with Crippen molar-refractivity contribution in [1.29, 1.82) is 0 Å². The zero-order chi connectivity index (χ0) is 14.3. The maximum absolute atomic E-state index is 11.4. The number of benzene rings is 1. The van der Waals surface area contributed by atoms with Crippen molar-refractivity contribution in [2.24, 2.45) is 0 Å². The quantitative estimate of drug-likeness (QED) is 0.165. The summed E-state index contributed by atoms with van der Waals surface area (Å²) in [6.45, 7) is 0. The van der Waals surface area contributed by atoms with Gasteiger partial charge in [-0.25, -0.2) is 0 Å². The first-order valence-electron chi connectivity index (χ1n) is 5.05. The standard InChI is InChI=1S/C10H12N2O6S.2Na/c11-7-5-6(1-2-8(7)19-18-17-16)12-9(13)3-4-10(14)15;;/h1-2,5,16H,3-4,11H2,(H,12,13)(H,14,15);;/q;2*+1/p-2. The molecule has 1 aromatic rings. The number of carbonyl (C=O) groups excluding carboxylic acids is 2. The molecule has 0 saturated carbocycles. The van der Waals surface area contributed by atoms with E-state index in [2.05, 4.69) is 14.7 Å². The van der Waals surface area contributed by atoms with Crippen LogP contribution in [0, 0.1) is 0 Å². The number of carboxylic acid groups (broad SMARTS) is 1. The molecule has 0 aliphatic carbocycles. The molecule has 21 heavy (non-hydrogen) atoms. The smallest absolute Gasteiger partial charge is 0.691 e. The summed E-state index contributed by atoms with van der Waals surface area (Å²) in [5, 5.41) is 25.5. The van der Waals surface area contributed by atoms with E-state index in [0.717, 1.165) is 0 Å². The predicted molar refractivity (Wildman–Crippen MR) is 61.8 cm³/mol. The fourth-order valence-electron chi connectivity index (χ4n) is 1.19. The molecular formula is C10H10N2Na2O6S. The second-order valence-corrected chi connectivity index (χ2v) is 4.13. The summed E-state index contributed by atoms with van der Waals surface area (Å²) in [6, 6.07) is 4.46. The van der Waals surface area contributed by atoms with Crippen LogP contribution in [0.15, 0.2) is 23.1 Å². The number of carbonyl (C=O) groups is 2.